The SMILES string of the molecule is CC[C@@H](C)CN(CC(=O)N1CCc2sccc2[C@H]1COc1ccc(Cl)cc1)C(=O)COC. The van der Waals surface area contributed by atoms with Gasteiger partial charge in [0.15, 0.2) is 0 Å². The molecule has 0 N–H and O–H groups in total. The molecule has 2 amide bonds. The molecule has 1 aliphatic heterocycles. The lowest BCUT2D eigenvalue weighted by Crippen LogP contribution is -2.49. The summed E-state index contributed by atoms with van der Waals surface area (Å²) in [4.78, 5) is 30.8. The molecule has 1 aromatic carbocycles. The second kappa shape index (κ2) is 11.7. The highest BCUT2D eigenvalue weighted by Crippen LogP contribution is 2.34. The molecule has 32 heavy (non-hydrogen) atoms. The summed E-state index contributed by atoms with van der Waals surface area (Å²) in [5.41, 5.74) is 1.13. The predicted octanol–water partition coefficient (Wildman–Crippen LogP) is 4.43. The summed E-state index contributed by atoms with van der Waals surface area (Å²) < 4.78 is 11.1. The first-order valence-corrected chi connectivity index (χ1v) is 12.2. The van der Waals surface area contributed by atoms with Crippen LogP contribution in [0.4, 0.5) is 0 Å². The van der Waals surface area contributed by atoms with Crippen LogP contribution in [0, 0.1) is 5.92 Å². The highest BCUT2D eigenvalue weighted by Gasteiger charge is 2.33. The molecular formula is C24H31ClN2O4S. The molecular weight excluding hydrogens is 448 g/mol. The van der Waals surface area contributed by atoms with Gasteiger partial charge < -0.3 is 19.3 Å². The Morgan fingerprint density at radius 2 is 2.03 bits per heavy atom. The molecule has 0 saturated heterocycles. The van der Waals surface area contributed by atoms with E-state index in [1.165, 1.54) is 12.0 Å². The lowest BCUT2D eigenvalue weighted by molar-refractivity contribution is -0.145. The van der Waals surface area contributed by atoms with Gasteiger partial charge in [-0.05, 0) is 53.6 Å². The van der Waals surface area contributed by atoms with Gasteiger partial charge in [0.1, 0.15) is 19.0 Å². The summed E-state index contributed by atoms with van der Waals surface area (Å²) in [6.07, 6.45) is 1.75. The van der Waals surface area contributed by atoms with Gasteiger partial charge in [0.2, 0.25) is 11.8 Å². The maximum Gasteiger partial charge on any atom is 0.249 e. The second-order valence-electron chi connectivity index (χ2n) is 8.14. The fraction of sp³-hybridized carbons (Fsp3) is 0.500. The third-order valence-corrected chi connectivity index (χ3v) is 7.06. The Morgan fingerprint density at radius 1 is 1.28 bits per heavy atom. The van der Waals surface area contributed by atoms with E-state index in [1.807, 2.05) is 17.0 Å². The molecule has 1 aliphatic rings. The van der Waals surface area contributed by atoms with Crippen molar-refractivity contribution < 1.29 is 19.1 Å². The predicted molar refractivity (Wildman–Crippen MR) is 127 cm³/mol. The highest BCUT2D eigenvalue weighted by molar-refractivity contribution is 7.10. The standard InChI is InChI=1S/C24H31ClN2O4S/c1-4-17(2)13-26(24(29)16-30-3)14-23(28)27-11-9-22-20(10-12-32-22)21(27)15-31-19-7-5-18(25)6-8-19/h5-8,10,12,17,21H,4,9,11,13-16H2,1-3H3/t17-,21-/m1/s1. The van der Waals surface area contributed by atoms with Crippen LogP contribution in [0.2, 0.25) is 5.02 Å². The lowest BCUT2D eigenvalue weighted by Gasteiger charge is -2.37. The minimum atomic E-state index is -0.198. The Labute approximate surface area is 199 Å². The number of fused-ring (bicyclic) bond motifs is 1. The zero-order valence-electron chi connectivity index (χ0n) is 18.9. The number of benzene rings is 1. The molecule has 0 radical (unpaired) electrons. The third kappa shape index (κ3) is 6.24. The van der Waals surface area contributed by atoms with Crippen LogP contribution in [0.15, 0.2) is 35.7 Å². The number of hydrogen-bond donors (Lipinski definition) is 0. The van der Waals surface area contributed by atoms with Crippen LogP contribution in [-0.2, 0) is 20.7 Å². The monoisotopic (exact) mass is 478 g/mol. The van der Waals surface area contributed by atoms with Crippen molar-refractivity contribution in [2.45, 2.75) is 32.7 Å². The molecule has 2 aromatic rings. The molecule has 2 heterocycles. The molecule has 0 unspecified atom stereocenters. The van der Waals surface area contributed by atoms with Crippen molar-refractivity contribution in [2.24, 2.45) is 5.92 Å². The Balaban J connectivity index is 1.75. The smallest absolute Gasteiger partial charge is 0.249 e. The minimum Gasteiger partial charge on any atom is -0.491 e. The van der Waals surface area contributed by atoms with Crippen LogP contribution in [-0.4, -0.2) is 61.6 Å². The zero-order valence-corrected chi connectivity index (χ0v) is 20.5. The third-order valence-electron chi connectivity index (χ3n) is 5.81. The van der Waals surface area contributed by atoms with Crippen LogP contribution < -0.4 is 4.74 Å². The van der Waals surface area contributed by atoms with E-state index in [4.69, 9.17) is 21.1 Å². The number of carbonyl (C=O) groups excluding carboxylic acids is 2. The van der Waals surface area contributed by atoms with Crippen molar-refractivity contribution in [3.63, 3.8) is 0 Å². The number of methoxy groups -OCH3 is 1. The number of hydrogen-bond acceptors (Lipinski definition) is 5. The summed E-state index contributed by atoms with van der Waals surface area (Å²) in [6.45, 7) is 5.67. The number of amides is 2. The van der Waals surface area contributed by atoms with E-state index in [-0.39, 0.29) is 31.0 Å². The molecule has 0 bridgehead atoms. The zero-order chi connectivity index (χ0) is 23.1. The van der Waals surface area contributed by atoms with E-state index < -0.39 is 0 Å². The van der Waals surface area contributed by atoms with E-state index >= 15 is 0 Å². The average Bonchev–Trinajstić information content (AvgIpc) is 3.27. The Kier molecular flexibility index (Phi) is 8.96. The number of thiophene rings is 1. The van der Waals surface area contributed by atoms with E-state index in [0.29, 0.717) is 36.4 Å². The molecule has 8 heteroatoms. The van der Waals surface area contributed by atoms with Gasteiger partial charge in [0, 0.05) is 30.1 Å². The minimum absolute atomic E-state index is 0.0263. The van der Waals surface area contributed by atoms with E-state index in [2.05, 4.69) is 25.3 Å². The summed E-state index contributed by atoms with van der Waals surface area (Å²) in [5.74, 6) is 0.776. The molecule has 0 spiro atoms. The van der Waals surface area contributed by atoms with Gasteiger partial charge in [-0.15, -0.1) is 11.3 Å². The van der Waals surface area contributed by atoms with Crippen molar-refractivity contribution >= 4 is 34.8 Å². The van der Waals surface area contributed by atoms with Crippen LogP contribution in [0.5, 0.6) is 5.75 Å². The van der Waals surface area contributed by atoms with Gasteiger partial charge in [-0.2, -0.15) is 0 Å². The number of rotatable bonds is 10. The van der Waals surface area contributed by atoms with Crippen molar-refractivity contribution in [1.82, 2.24) is 9.80 Å². The van der Waals surface area contributed by atoms with Crippen LogP contribution in [0.25, 0.3) is 0 Å². The molecule has 0 saturated carbocycles. The maximum atomic E-state index is 13.4. The molecule has 2 atom stereocenters. The molecule has 0 aliphatic carbocycles. The van der Waals surface area contributed by atoms with E-state index in [9.17, 15) is 9.59 Å². The first-order chi connectivity index (χ1) is 15.4. The Bertz CT molecular complexity index is 902. The molecule has 3 rings (SSSR count). The van der Waals surface area contributed by atoms with E-state index in [0.717, 1.165) is 18.4 Å². The first-order valence-electron chi connectivity index (χ1n) is 10.9. The lowest BCUT2D eigenvalue weighted by atomic mass is 10.00. The van der Waals surface area contributed by atoms with Crippen molar-refractivity contribution in [1.29, 1.82) is 0 Å². The summed E-state index contributed by atoms with van der Waals surface area (Å²) in [5, 5.41) is 2.71. The fourth-order valence-corrected chi connectivity index (χ4v) is 4.86. The van der Waals surface area contributed by atoms with Crippen molar-refractivity contribution in [2.75, 3.05) is 40.0 Å². The number of carbonyl (C=O) groups is 2. The van der Waals surface area contributed by atoms with E-state index in [1.54, 1.807) is 28.4 Å². The number of halogens is 1. The number of nitrogens with zero attached hydrogens (tertiary/aromatic N) is 2. The van der Waals surface area contributed by atoms with Gasteiger partial charge in [0.05, 0.1) is 12.6 Å². The first kappa shape index (κ1) is 24.6. The van der Waals surface area contributed by atoms with Gasteiger partial charge in [-0.25, -0.2) is 0 Å². The van der Waals surface area contributed by atoms with Crippen LogP contribution in [0.3, 0.4) is 0 Å². The molecule has 0 fully saturated rings. The van der Waals surface area contributed by atoms with Gasteiger partial charge >= 0.3 is 0 Å². The Hall–Kier alpha value is -2.09. The highest BCUT2D eigenvalue weighted by atomic mass is 35.5. The quantitative estimate of drug-likeness (QED) is 0.507. The number of ether oxygens (including phenoxy) is 2. The summed E-state index contributed by atoms with van der Waals surface area (Å²) in [7, 11) is 1.49. The van der Waals surface area contributed by atoms with Crippen molar-refractivity contribution in [3.8, 4) is 5.75 Å². The fourth-order valence-electron chi connectivity index (χ4n) is 3.81. The van der Waals surface area contributed by atoms with Crippen LogP contribution >= 0.6 is 22.9 Å². The summed E-state index contributed by atoms with van der Waals surface area (Å²) >= 11 is 7.68. The Morgan fingerprint density at radius 3 is 2.72 bits per heavy atom. The van der Waals surface area contributed by atoms with Gasteiger partial charge in [0.25, 0.3) is 0 Å². The summed E-state index contributed by atoms with van der Waals surface area (Å²) in [6, 6.07) is 9.08. The maximum absolute atomic E-state index is 13.4. The van der Waals surface area contributed by atoms with Gasteiger partial charge in [-0.3, -0.25) is 9.59 Å². The topological polar surface area (TPSA) is 59.1 Å². The van der Waals surface area contributed by atoms with Gasteiger partial charge in [-0.1, -0.05) is 31.9 Å². The normalized spacial score (nSPS) is 16.4. The van der Waals surface area contributed by atoms with Crippen molar-refractivity contribution in [3.05, 3.63) is 51.2 Å². The largest absolute Gasteiger partial charge is 0.491 e. The second-order valence-corrected chi connectivity index (χ2v) is 9.57. The molecule has 1 aromatic heterocycles. The molecule has 174 valence electrons. The average molecular weight is 479 g/mol. The molecule has 6 nitrogen and oxygen atoms in total. The van der Waals surface area contributed by atoms with Crippen LogP contribution in [0.1, 0.15) is 36.8 Å².